The van der Waals surface area contributed by atoms with Crippen molar-refractivity contribution in [3.05, 3.63) is 58.8 Å². The van der Waals surface area contributed by atoms with Crippen LogP contribution in [0.4, 0.5) is 4.79 Å². The molecule has 0 unspecified atom stereocenters. The maximum Gasteiger partial charge on any atom is 0.317 e. The molecule has 0 radical (unpaired) electrons. The van der Waals surface area contributed by atoms with Gasteiger partial charge in [-0.15, -0.1) is 0 Å². The fourth-order valence-electron chi connectivity index (χ4n) is 2.80. The number of hydrogen-bond acceptors (Lipinski definition) is 4. The molecule has 2 amide bonds. The van der Waals surface area contributed by atoms with Crippen molar-refractivity contribution in [2.45, 2.75) is 33.2 Å². The van der Waals surface area contributed by atoms with E-state index in [0.717, 1.165) is 22.4 Å². The topological polar surface area (TPSA) is 82.4 Å². The Hall–Kier alpha value is -2.74. The molecule has 30 heavy (non-hydrogen) atoms. The standard InChI is InChI=1S/C22H30BrN5O2/c1-15(2)26-22(30)27(5)12-8-11-24-21(28-17(4)19(23)14-25-28)13-16(3)18-9-6-7-10-20(18)29/h6-7,9-10,13-15,24,29H,3,8,11-12H2,1-2,4-5H3,(H,26,30)/b21-13-. The number of halogens is 1. The van der Waals surface area contributed by atoms with E-state index in [0.29, 0.717) is 24.2 Å². The molecule has 0 fully saturated rings. The van der Waals surface area contributed by atoms with E-state index in [4.69, 9.17) is 0 Å². The van der Waals surface area contributed by atoms with Crippen LogP contribution in [0.3, 0.4) is 0 Å². The number of carbonyl (C=O) groups excluding carboxylic acids is 1. The summed E-state index contributed by atoms with van der Waals surface area (Å²) in [6.07, 6.45) is 4.35. The first-order valence-electron chi connectivity index (χ1n) is 9.85. The number of urea groups is 1. The number of nitrogens with zero attached hydrogens (tertiary/aromatic N) is 3. The van der Waals surface area contributed by atoms with Crippen molar-refractivity contribution in [3.8, 4) is 5.75 Å². The molecule has 2 rings (SSSR count). The molecule has 1 aromatic heterocycles. The number of aromatic nitrogens is 2. The highest BCUT2D eigenvalue weighted by molar-refractivity contribution is 9.10. The van der Waals surface area contributed by atoms with Gasteiger partial charge in [-0.25, -0.2) is 9.48 Å². The summed E-state index contributed by atoms with van der Waals surface area (Å²) in [4.78, 5) is 13.7. The van der Waals surface area contributed by atoms with Gasteiger partial charge >= 0.3 is 6.03 Å². The Morgan fingerprint density at radius 1 is 1.40 bits per heavy atom. The fourth-order valence-corrected chi connectivity index (χ4v) is 3.06. The van der Waals surface area contributed by atoms with E-state index in [1.807, 2.05) is 39.0 Å². The molecule has 3 N–H and O–H groups in total. The largest absolute Gasteiger partial charge is 0.507 e. The van der Waals surface area contributed by atoms with Crippen LogP contribution in [0.25, 0.3) is 11.4 Å². The molecule has 8 heteroatoms. The summed E-state index contributed by atoms with van der Waals surface area (Å²) in [5, 5.41) is 20.8. The third-order valence-corrected chi connectivity index (χ3v) is 5.25. The van der Waals surface area contributed by atoms with Gasteiger partial charge < -0.3 is 20.6 Å². The summed E-state index contributed by atoms with van der Waals surface area (Å²) in [7, 11) is 1.78. The molecule has 1 heterocycles. The number of benzene rings is 1. The van der Waals surface area contributed by atoms with Gasteiger partial charge in [-0.3, -0.25) is 0 Å². The van der Waals surface area contributed by atoms with E-state index in [2.05, 4.69) is 38.2 Å². The van der Waals surface area contributed by atoms with Crippen LogP contribution in [-0.2, 0) is 0 Å². The Kier molecular flexibility index (Phi) is 8.53. The molecule has 0 aliphatic carbocycles. The quantitative estimate of drug-likeness (QED) is 0.374. The number of hydrogen-bond donors (Lipinski definition) is 3. The lowest BCUT2D eigenvalue weighted by atomic mass is 10.1. The van der Waals surface area contributed by atoms with E-state index < -0.39 is 0 Å². The first-order chi connectivity index (χ1) is 14.2. The Morgan fingerprint density at radius 3 is 2.70 bits per heavy atom. The summed E-state index contributed by atoms with van der Waals surface area (Å²) in [5.41, 5.74) is 2.26. The number of nitrogens with one attached hydrogen (secondary N) is 2. The van der Waals surface area contributed by atoms with Gasteiger partial charge in [0.15, 0.2) is 0 Å². The van der Waals surface area contributed by atoms with Crippen LogP contribution in [0.15, 0.2) is 47.6 Å². The average molecular weight is 476 g/mol. The lowest BCUT2D eigenvalue weighted by Crippen LogP contribution is -2.41. The highest BCUT2D eigenvalue weighted by Gasteiger charge is 2.12. The van der Waals surface area contributed by atoms with Gasteiger partial charge in [0.05, 0.1) is 16.4 Å². The number of phenolic OH excluding ortho intramolecular Hbond substituents is 1. The summed E-state index contributed by atoms with van der Waals surface area (Å²) < 4.78 is 2.68. The normalized spacial score (nSPS) is 11.5. The maximum atomic E-state index is 12.0. The zero-order chi connectivity index (χ0) is 22.3. The second-order valence-corrected chi connectivity index (χ2v) is 8.22. The highest BCUT2D eigenvalue weighted by Crippen LogP contribution is 2.26. The zero-order valence-corrected chi connectivity index (χ0v) is 19.5. The molecule has 0 atom stereocenters. The first-order valence-corrected chi connectivity index (χ1v) is 10.6. The van der Waals surface area contributed by atoms with Crippen molar-refractivity contribution in [1.82, 2.24) is 25.3 Å². The second-order valence-electron chi connectivity index (χ2n) is 7.37. The molecule has 0 spiro atoms. The molecule has 7 nitrogen and oxygen atoms in total. The van der Waals surface area contributed by atoms with Crippen molar-refractivity contribution >= 4 is 33.4 Å². The van der Waals surface area contributed by atoms with Crippen LogP contribution in [0.2, 0.25) is 0 Å². The van der Waals surface area contributed by atoms with Gasteiger partial charge in [-0.05, 0) is 60.8 Å². The van der Waals surface area contributed by atoms with Crippen LogP contribution in [0, 0.1) is 6.92 Å². The van der Waals surface area contributed by atoms with Crippen molar-refractivity contribution in [2.75, 3.05) is 20.1 Å². The predicted octanol–water partition coefficient (Wildman–Crippen LogP) is 4.20. The van der Waals surface area contributed by atoms with E-state index >= 15 is 0 Å². The van der Waals surface area contributed by atoms with E-state index in [9.17, 15) is 9.90 Å². The summed E-state index contributed by atoms with van der Waals surface area (Å²) in [6, 6.07) is 7.11. The number of phenols is 1. The molecule has 0 aliphatic heterocycles. The van der Waals surface area contributed by atoms with E-state index in [-0.39, 0.29) is 17.8 Å². The number of para-hydroxylation sites is 1. The van der Waals surface area contributed by atoms with Crippen molar-refractivity contribution in [2.24, 2.45) is 0 Å². The Bertz CT molecular complexity index is 920. The highest BCUT2D eigenvalue weighted by atomic mass is 79.9. The smallest absolute Gasteiger partial charge is 0.317 e. The van der Waals surface area contributed by atoms with Crippen molar-refractivity contribution < 1.29 is 9.90 Å². The third kappa shape index (κ3) is 6.38. The minimum absolute atomic E-state index is 0.0828. The maximum absolute atomic E-state index is 12.0. The molecule has 0 aliphatic rings. The summed E-state index contributed by atoms with van der Waals surface area (Å²) >= 11 is 3.49. The Labute approximate surface area is 186 Å². The first kappa shape index (κ1) is 23.5. The summed E-state index contributed by atoms with van der Waals surface area (Å²) in [6.45, 7) is 11.2. The van der Waals surface area contributed by atoms with Crippen molar-refractivity contribution in [3.63, 3.8) is 0 Å². The van der Waals surface area contributed by atoms with Crippen LogP contribution in [0.5, 0.6) is 5.75 Å². The minimum atomic E-state index is -0.0828. The fraction of sp³-hybridized carbons (Fsp3) is 0.364. The van der Waals surface area contributed by atoms with Crippen LogP contribution < -0.4 is 10.6 Å². The SMILES string of the molecule is C=C(/C=C(/NCCCN(C)C(=O)NC(C)C)n1ncc(Br)c1C)c1ccccc1O. The number of carbonyl (C=O) groups is 1. The van der Waals surface area contributed by atoms with Crippen LogP contribution >= 0.6 is 15.9 Å². The monoisotopic (exact) mass is 475 g/mol. The van der Waals surface area contributed by atoms with Gasteiger partial charge in [0.2, 0.25) is 0 Å². The third-order valence-electron chi connectivity index (χ3n) is 4.47. The summed E-state index contributed by atoms with van der Waals surface area (Å²) in [5.74, 6) is 0.912. The molecule has 0 bridgehead atoms. The van der Waals surface area contributed by atoms with Crippen molar-refractivity contribution in [1.29, 1.82) is 0 Å². The Balaban J connectivity index is 2.10. The Morgan fingerprint density at radius 2 is 2.10 bits per heavy atom. The molecular formula is C22H30BrN5O2. The van der Waals surface area contributed by atoms with E-state index in [1.165, 1.54) is 0 Å². The molecule has 1 aromatic carbocycles. The van der Waals surface area contributed by atoms with Gasteiger partial charge in [-0.1, -0.05) is 24.8 Å². The number of rotatable bonds is 9. The predicted molar refractivity (Wildman–Crippen MR) is 125 cm³/mol. The second kappa shape index (κ2) is 10.9. The molecule has 162 valence electrons. The molecule has 2 aromatic rings. The molecule has 0 saturated heterocycles. The molecule has 0 saturated carbocycles. The lowest BCUT2D eigenvalue weighted by molar-refractivity contribution is 0.206. The van der Waals surface area contributed by atoms with Crippen LogP contribution in [-0.4, -0.2) is 52.0 Å². The average Bonchev–Trinajstić information content (AvgIpc) is 3.02. The minimum Gasteiger partial charge on any atom is -0.507 e. The van der Waals surface area contributed by atoms with Gasteiger partial charge in [-0.2, -0.15) is 5.10 Å². The number of amides is 2. The number of aromatic hydroxyl groups is 1. The lowest BCUT2D eigenvalue weighted by Gasteiger charge is -2.20. The van der Waals surface area contributed by atoms with Gasteiger partial charge in [0, 0.05) is 31.7 Å². The molecular weight excluding hydrogens is 446 g/mol. The zero-order valence-electron chi connectivity index (χ0n) is 17.9. The van der Waals surface area contributed by atoms with Gasteiger partial charge in [0.25, 0.3) is 0 Å². The number of allylic oxidation sites excluding steroid dienone is 2. The van der Waals surface area contributed by atoms with Crippen LogP contribution in [0.1, 0.15) is 31.5 Å². The van der Waals surface area contributed by atoms with E-state index in [1.54, 1.807) is 35.0 Å². The van der Waals surface area contributed by atoms with Gasteiger partial charge in [0.1, 0.15) is 11.6 Å².